The molecule has 1 unspecified atom stereocenters. The van der Waals surface area contributed by atoms with Crippen LogP contribution in [0.3, 0.4) is 0 Å². The molecule has 6 nitrogen and oxygen atoms in total. The molecule has 0 saturated carbocycles. The van der Waals surface area contributed by atoms with Gasteiger partial charge in [-0.2, -0.15) is 13.2 Å². The Hall–Kier alpha value is -2.72. The first kappa shape index (κ1) is 23.9. The fourth-order valence-corrected chi connectivity index (χ4v) is 3.95. The molecule has 0 radical (unpaired) electrons. The van der Waals surface area contributed by atoms with Crippen LogP contribution in [0.15, 0.2) is 53.7 Å². The molecule has 1 heterocycles. The highest BCUT2D eigenvalue weighted by Crippen LogP contribution is 2.34. The van der Waals surface area contributed by atoms with Gasteiger partial charge in [0.25, 0.3) is 0 Å². The normalized spacial score (nSPS) is 12.4. The Bertz CT molecular complexity index is 1090. The van der Waals surface area contributed by atoms with Crippen molar-refractivity contribution in [2.75, 3.05) is 11.1 Å². The van der Waals surface area contributed by atoms with Gasteiger partial charge in [0, 0.05) is 11.6 Å². The molecule has 11 heteroatoms. The van der Waals surface area contributed by atoms with Gasteiger partial charge in [-0.05, 0) is 44.2 Å². The second kappa shape index (κ2) is 10.3. The van der Waals surface area contributed by atoms with E-state index in [0.717, 1.165) is 17.8 Å². The molecule has 0 bridgehead atoms. The van der Waals surface area contributed by atoms with Crippen LogP contribution in [-0.4, -0.2) is 26.4 Å². The van der Waals surface area contributed by atoms with Gasteiger partial charge < -0.3 is 14.6 Å². The van der Waals surface area contributed by atoms with E-state index in [1.54, 1.807) is 28.8 Å². The number of aromatic nitrogens is 3. The number of thioether (sulfide) groups is 1. The number of benzene rings is 2. The topological polar surface area (TPSA) is 69.0 Å². The molecule has 3 aromatic rings. The predicted molar refractivity (Wildman–Crippen MR) is 117 cm³/mol. The third kappa shape index (κ3) is 5.95. The number of ether oxygens (including phenoxy) is 1. The average Bonchev–Trinajstić information content (AvgIpc) is 3.15. The van der Waals surface area contributed by atoms with E-state index in [1.165, 1.54) is 18.2 Å². The standard InChI is InChI=1S/C21H20ClF3N4O2S/c1-3-29-19(13(2)31-15-8-6-7-14(22)11-15)27-28-20(29)32-12-18(30)26-17-10-5-4-9-16(17)21(23,24)25/h4-11,13H,3,12H2,1-2H3,(H,26,30). The van der Waals surface area contributed by atoms with Crippen molar-refractivity contribution in [2.24, 2.45) is 0 Å². The first-order chi connectivity index (χ1) is 15.2. The Kier molecular flexibility index (Phi) is 7.68. The molecule has 0 aliphatic rings. The highest BCUT2D eigenvalue weighted by Gasteiger charge is 2.33. The number of hydrogen-bond donors (Lipinski definition) is 1. The van der Waals surface area contributed by atoms with Crippen molar-refractivity contribution in [3.63, 3.8) is 0 Å². The van der Waals surface area contributed by atoms with Crippen molar-refractivity contribution in [3.05, 3.63) is 64.9 Å². The number of para-hydroxylation sites is 1. The number of carbonyl (C=O) groups excluding carboxylic acids is 1. The molecule has 3 rings (SSSR count). The number of anilines is 1. The van der Waals surface area contributed by atoms with Crippen LogP contribution in [0.2, 0.25) is 5.02 Å². The maximum absolute atomic E-state index is 13.1. The quantitative estimate of drug-likeness (QED) is 0.407. The van der Waals surface area contributed by atoms with Gasteiger partial charge in [0.2, 0.25) is 5.91 Å². The molecular weight excluding hydrogens is 465 g/mol. The summed E-state index contributed by atoms with van der Waals surface area (Å²) in [4.78, 5) is 12.3. The van der Waals surface area contributed by atoms with Crippen LogP contribution < -0.4 is 10.1 Å². The zero-order chi connectivity index (χ0) is 23.3. The number of alkyl halides is 3. The summed E-state index contributed by atoms with van der Waals surface area (Å²) >= 11 is 7.06. The Morgan fingerprint density at radius 1 is 1.22 bits per heavy atom. The van der Waals surface area contributed by atoms with Crippen molar-refractivity contribution < 1.29 is 22.7 Å². The molecule has 1 amide bonds. The van der Waals surface area contributed by atoms with Crippen LogP contribution in [0.5, 0.6) is 5.75 Å². The molecule has 0 aliphatic carbocycles. The van der Waals surface area contributed by atoms with Crippen LogP contribution in [0.4, 0.5) is 18.9 Å². The summed E-state index contributed by atoms with van der Waals surface area (Å²) in [6.07, 6.45) is -5.00. The number of amides is 1. The van der Waals surface area contributed by atoms with E-state index >= 15 is 0 Å². The zero-order valence-corrected chi connectivity index (χ0v) is 18.8. The second-order valence-corrected chi connectivity index (χ2v) is 8.06. The molecule has 0 saturated heterocycles. The van der Waals surface area contributed by atoms with Gasteiger partial charge in [-0.15, -0.1) is 10.2 Å². The Labute approximate surface area is 192 Å². The minimum atomic E-state index is -4.56. The second-order valence-electron chi connectivity index (χ2n) is 6.68. The van der Waals surface area contributed by atoms with Crippen LogP contribution in [0.25, 0.3) is 0 Å². The van der Waals surface area contributed by atoms with Gasteiger partial charge in [0.15, 0.2) is 17.1 Å². The maximum atomic E-state index is 13.1. The van der Waals surface area contributed by atoms with Crippen molar-refractivity contribution in [1.29, 1.82) is 0 Å². The number of carbonyl (C=O) groups is 1. The zero-order valence-electron chi connectivity index (χ0n) is 17.2. The first-order valence-corrected chi connectivity index (χ1v) is 11.0. The summed E-state index contributed by atoms with van der Waals surface area (Å²) in [6.45, 7) is 4.22. The molecule has 32 heavy (non-hydrogen) atoms. The highest BCUT2D eigenvalue weighted by molar-refractivity contribution is 7.99. The number of nitrogens with zero attached hydrogens (tertiary/aromatic N) is 3. The first-order valence-electron chi connectivity index (χ1n) is 9.63. The van der Waals surface area contributed by atoms with E-state index in [0.29, 0.717) is 28.3 Å². The summed E-state index contributed by atoms with van der Waals surface area (Å²) in [6, 6.07) is 11.8. The minimum absolute atomic E-state index is 0.131. The fourth-order valence-electron chi connectivity index (χ4n) is 2.96. The monoisotopic (exact) mass is 484 g/mol. The molecule has 1 atom stereocenters. The largest absolute Gasteiger partial charge is 0.483 e. The lowest BCUT2D eigenvalue weighted by atomic mass is 10.1. The number of rotatable bonds is 8. The smallest absolute Gasteiger partial charge is 0.418 e. The van der Waals surface area contributed by atoms with Gasteiger partial charge in [-0.3, -0.25) is 4.79 Å². The van der Waals surface area contributed by atoms with Crippen molar-refractivity contribution in [2.45, 2.75) is 37.8 Å². The van der Waals surface area contributed by atoms with Gasteiger partial charge >= 0.3 is 6.18 Å². The van der Waals surface area contributed by atoms with Gasteiger partial charge in [-0.1, -0.05) is 41.6 Å². The summed E-state index contributed by atoms with van der Waals surface area (Å²) in [7, 11) is 0. The Morgan fingerprint density at radius 3 is 2.66 bits per heavy atom. The van der Waals surface area contributed by atoms with Crippen LogP contribution >= 0.6 is 23.4 Å². The molecule has 0 aliphatic heterocycles. The average molecular weight is 485 g/mol. The Balaban J connectivity index is 1.66. The number of halogens is 4. The lowest BCUT2D eigenvalue weighted by Gasteiger charge is -2.16. The van der Waals surface area contributed by atoms with Crippen LogP contribution in [-0.2, 0) is 17.5 Å². The summed E-state index contributed by atoms with van der Waals surface area (Å²) < 4.78 is 47.0. The number of hydrogen-bond acceptors (Lipinski definition) is 5. The van der Waals surface area contributed by atoms with E-state index in [1.807, 2.05) is 13.8 Å². The molecular formula is C21H20ClF3N4O2S. The van der Waals surface area contributed by atoms with E-state index in [4.69, 9.17) is 16.3 Å². The molecule has 0 spiro atoms. The van der Waals surface area contributed by atoms with Crippen molar-refractivity contribution in [3.8, 4) is 5.75 Å². The number of nitrogens with one attached hydrogen (secondary N) is 1. The van der Waals surface area contributed by atoms with Gasteiger partial charge in [-0.25, -0.2) is 0 Å². The summed E-state index contributed by atoms with van der Waals surface area (Å²) in [5.74, 6) is 0.418. The van der Waals surface area contributed by atoms with E-state index in [9.17, 15) is 18.0 Å². The minimum Gasteiger partial charge on any atom is -0.483 e. The predicted octanol–water partition coefficient (Wildman–Crippen LogP) is 5.84. The third-order valence-corrected chi connectivity index (χ3v) is 5.58. The van der Waals surface area contributed by atoms with Crippen LogP contribution in [0, 0.1) is 0 Å². The molecule has 1 aromatic heterocycles. The SMILES string of the molecule is CCn1c(SCC(=O)Nc2ccccc2C(F)(F)F)nnc1C(C)Oc1cccc(Cl)c1. The highest BCUT2D eigenvalue weighted by atomic mass is 35.5. The fraction of sp³-hybridized carbons (Fsp3) is 0.286. The maximum Gasteiger partial charge on any atom is 0.418 e. The summed E-state index contributed by atoms with van der Waals surface area (Å²) in [5.41, 5.74) is -1.18. The van der Waals surface area contributed by atoms with Crippen molar-refractivity contribution >= 4 is 35.0 Å². The lowest BCUT2D eigenvalue weighted by molar-refractivity contribution is -0.137. The van der Waals surface area contributed by atoms with E-state index in [2.05, 4.69) is 15.5 Å². The van der Waals surface area contributed by atoms with Gasteiger partial charge in [0.05, 0.1) is 17.0 Å². The van der Waals surface area contributed by atoms with Crippen molar-refractivity contribution in [1.82, 2.24) is 14.8 Å². The lowest BCUT2D eigenvalue weighted by Crippen LogP contribution is -2.18. The third-order valence-electron chi connectivity index (χ3n) is 4.37. The molecule has 170 valence electrons. The van der Waals surface area contributed by atoms with E-state index in [-0.39, 0.29) is 11.4 Å². The summed E-state index contributed by atoms with van der Waals surface area (Å²) in [5, 5.41) is 11.6. The molecule has 2 aromatic carbocycles. The Morgan fingerprint density at radius 2 is 1.97 bits per heavy atom. The molecule has 0 fully saturated rings. The molecule has 1 N–H and O–H groups in total. The van der Waals surface area contributed by atoms with Gasteiger partial charge in [0.1, 0.15) is 5.75 Å². The van der Waals surface area contributed by atoms with Crippen LogP contribution in [0.1, 0.15) is 31.3 Å². The van der Waals surface area contributed by atoms with E-state index < -0.39 is 23.8 Å².